The van der Waals surface area contributed by atoms with Crippen LogP contribution in [0.15, 0.2) is 38.1 Å². The van der Waals surface area contributed by atoms with Gasteiger partial charge in [0.2, 0.25) is 0 Å². The van der Waals surface area contributed by atoms with Crippen molar-refractivity contribution in [3.63, 3.8) is 0 Å². The van der Waals surface area contributed by atoms with Crippen molar-refractivity contribution in [1.29, 1.82) is 0 Å². The monoisotopic (exact) mass is 379 g/mol. The summed E-state index contributed by atoms with van der Waals surface area (Å²) in [6.45, 7) is 0. The zero-order chi connectivity index (χ0) is 12.8. The molecule has 2 aromatic rings. The van der Waals surface area contributed by atoms with Gasteiger partial charge in [-0.2, -0.15) is 8.42 Å². The lowest BCUT2D eigenvalue weighted by molar-refractivity contribution is 0.483. The standard InChI is InChI=1S/C10H7Br2NO3S/c11-8-4-9(12)10(13)6-2-1-5(3-7(6)8)17(14,15)16/h1-4H,13H2,(H,14,15,16). The van der Waals surface area contributed by atoms with Crippen molar-refractivity contribution >= 4 is 58.4 Å². The number of hydrogen-bond donors (Lipinski definition) is 2. The fourth-order valence-electron chi connectivity index (χ4n) is 1.51. The van der Waals surface area contributed by atoms with Crippen LogP contribution >= 0.6 is 31.9 Å². The number of halogens is 2. The summed E-state index contributed by atoms with van der Waals surface area (Å²) in [5.41, 5.74) is 6.39. The summed E-state index contributed by atoms with van der Waals surface area (Å²) in [7, 11) is -4.21. The second-order valence-electron chi connectivity index (χ2n) is 3.44. The molecule has 17 heavy (non-hydrogen) atoms. The van der Waals surface area contributed by atoms with Crippen molar-refractivity contribution in [2.75, 3.05) is 5.73 Å². The lowest BCUT2D eigenvalue weighted by atomic mass is 10.1. The number of rotatable bonds is 1. The van der Waals surface area contributed by atoms with Crippen molar-refractivity contribution in [1.82, 2.24) is 0 Å². The van der Waals surface area contributed by atoms with E-state index in [2.05, 4.69) is 31.9 Å². The Morgan fingerprint density at radius 1 is 1.06 bits per heavy atom. The van der Waals surface area contributed by atoms with Crippen LogP contribution in [0.25, 0.3) is 10.8 Å². The van der Waals surface area contributed by atoms with Gasteiger partial charge in [-0.1, -0.05) is 22.0 Å². The summed E-state index contributed by atoms with van der Waals surface area (Å²) >= 11 is 6.62. The molecular formula is C10H7Br2NO3S. The smallest absolute Gasteiger partial charge is 0.294 e. The summed E-state index contributed by atoms with van der Waals surface area (Å²) in [4.78, 5) is -0.160. The van der Waals surface area contributed by atoms with Crippen LogP contribution in [0.3, 0.4) is 0 Å². The van der Waals surface area contributed by atoms with Crippen molar-refractivity contribution < 1.29 is 13.0 Å². The van der Waals surface area contributed by atoms with E-state index in [0.717, 1.165) is 4.47 Å². The fraction of sp³-hybridized carbons (Fsp3) is 0. The van der Waals surface area contributed by atoms with Gasteiger partial charge in [-0.25, -0.2) is 0 Å². The first-order valence-electron chi connectivity index (χ1n) is 4.45. The fourth-order valence-corrected chi connectivity index (χ4v) is 3.33. The molecule has 0 spiro atoms. The molecular weight excluding hydrogens is 374 g/mol. The van der Waals surface area contributed by atoms with Gasteiger partial charge in [0.15, 0.2) is 0 Å². The van der Waals surface area contributed by atoms with Gasteiger partial charge in [-0.05, 0) is 39.5 Å². The maximum atomic E-state index is 11.0. The molecule has 0 fully saturated rings. The third-order valence-corrected chi connectivity index (χ3v) is 4.51. The predicted molar refractivity (Wildman–Crippen MR) is 73.6 cm³/mol. The Morgan fingerprint density at radius 3 is 2.29 bits per heavy atom. The molecule has 90 valence electrons. The quantitative estimate of drug-likeness (QED) is 0.588. The molecule has 7 heteroatoms. The minimum atomic E-state index is -4.21. The van der Waals surface area contributed by atoms with Crippen LogP contribution in [0.2, 0.25) is 0 Å². The van der Waals surface area contributed by atoms with Gasteiger partial charge in [-0.15, -0.1) is 0 Å². The van der Waals surface area contributed by atoms with Crippen LogP contribution < -0.4 is 5.73 Å². The van der Waals surface area contributed by atoms with E-state index in [9.17, 15) is 8.42 Å². The van der Waals surface area contributed by atoms with Gasteiger partial charge >= 0.3 is 0 Å². The highest BCUT2D eigenvalue weighted by Gasteiger charge is 2.13. The molecule has 0 aliphatic carbocycles. The van der Waals surface area contributed by atoms with E-state index in [1.165, 1.54) is 12.1 Å². The second-order valence-corrected chi connectivity index (χ2v) is 6.57. The Bertz CT molecular complexity index is 713. The Morgan fingerprint density at radius 2 is 1.71 bits per heavy atom. The van der Waals surface area contributed by atoms with Gasteiger partial charge in [-0.3, -0.25) is 4.55 Å². The third kappa shape index (κ3) is 2.33. The Labute approximate surface area is 115 Å². The van der Waals surface area contributed by atoms with Crippen LogP contribution in [0.5, 0.6) is 0 Å². The summed E-state index contributed by atoms with van der Waals surface area (Å²) < 4.78 is 32.5. The molecule has 0 amide bonds. The predicted octanol–water partition coefficient (Wildman–Crippen LogP) is 3.19. The minimum absolute atomic E-state index is 0.160. The first kappa shape index (κ1) is 12.8. The molecule has 0 saturated heterocycles. The Kier molecular flexibility index (Phi) is 3.19. The first-order chi connectivity index (χ1) is 7.80. The molecule has 0 heterocycles. The second kappa shape index (κ2) is 4.24. The van der Waals surface area contributed by atoms with Gasteiger partial charge in [0.1, 0.15) is 0 Å². The molecule has 2 rings (SSSR count). The van der Waals surface area contributed by atoms with E-state index in [1.807, 2.05) is 0 Å². The van der Waals surface area contributed by atoms with Crippen LogP contribution in [0.1, 0.15) is 0 Å². The number of nitrogens with two attached hydrogens (primary N) is 1. The summed E-state index contributed by atoms with van der Waals surface area (Å²) in [6, 6.07) is 5.97. The molecule has 0 saturated carbocycles. The topological polar surface area (TPSA) is 80.4 Å². The molecule has 0 unspecified atom stereocenters. The lowest BCUT2D eigenvalue weighted by Gasteiger charge is -2.08. The maximum Gasteiger partial charge on any atom is 0.294 e. The number of benzene rings is 2. The highest BCUT2D eigenvalue weighted by atomic mass is 79.9. The minimum Gasteiger partial charge on any atom is -0.397 e. The number of nitrogen functional groups attached to an aromatic ring is 1. The Balaban J connectivity index is 2.89. The lowest BCUT2D eigenvalue weighted by Crippen LogP contribution is -1.98. The van der Waals surface area contributed by atoms with Crippen molar-refractivity contribution in [3.05, 3.63) is 33.2 Å². The number of anilines is 1. The maximum absolute atomic E-state index is 11.0. The van der Waals surface area contributed by atoms with Gasteiger partial charge in [0.05, 0.1) is 10.6 Å². The van der Waals surface area contributed by atoms with Crippen molar-refractivity contribution in [3.8, 4) is 0 Å². The molecule has 0 atom stereocenters. The molecule has 0 radical (unpaired) electrons. The van der Waals surface area contributed by atoms with Crippen LogP contribution in [-0.4, -0.2) is 13.0 Å². The van der Waals surface area contributed by atoms with Crippen LogP contribution in [0.4, 0.5) is 5.69 Å². The van der Waals surface area contributed by atoms with E-state index < -0.39 is 10.1 Å². The zero-order valence-corrected chi connectivity index (χ0v) is 12.3. The van der Waals surface area contributed by atoms with Crippen LogP contribution in [-0.2, 0) is 10.1 Å². The first-order valence-corrected chi connectivity index (χ1v) is 7.48. The summed E-state index contributed by atoms with van der Waals surface area (Å²) in [5, 5.41) is 1.33. The molecule has 4 nitrogen and oxygen atoms in total. The van der Waals surface area contributed by atoms with E-state index in [4.69, 9.17) is 10.3 Å². The average Bonchev–Trinajstić information content (AvgIpc) is 2.24. The zero-order valence-electron chi connectivity index (χ0n) is 8.31. The third-order valence-electron chi connectivity index (χ3n) is 2.35. The highest BCUT2D eigenvalue weighted by Crippen LogP contribution is 2.35. The SMILES string of the molecule is Nc1c(Br)cc(Br)c2cc(S(=O)(=O)O)ccc12. The normalized spacial score (nSPS) is 11.9. The van der Waals surface area contributed by atoms with E-state index in [-0.39, 0.29) is 4.90 Å². The number of hydrogen-bond acceptors (Lipinski definition) is 3. The molecule has 0 bridgehead atoms. The molecule has 0 aliphatic rings. The van der Waals surface area contributed by atoms with Crippen molar-refractivity contribution in [2.45, 2.75) is 4.90 Å². The largest absolute Gasteiger partial charge is 0.397 e. The van der Waals surface area contributed by atoms with Gasteiger partial charge in [0.25, 0.3) is 10.1 Å². The summed E-state index contributed by atoms with van der Waals surface area (Å²) in [6.07, 6.45) is 0. The van der Waals surface area contributed by atoms with E-state index in [1.54, 1.807) is 12.1 Å². The van der Waals surface area contributed by atoms with Crippen molar-refractivity contribution in [2.24, 2.45) is 0 Å². The highest BCUT2D eigenvalue weighted by molar-refractivity contribution is 9.11. The molecule has 3 N–H and O–H groups in total. The number of fused-ring (bicyclic) bond motifs is 1. The van der Waals surface area contributed by atoms with Gasteiger partial charge < -0.3 is 5.73 Å². The van der Waals surface area contributed by atoms with Crippen LogP contribution in [0, 0.1) is 0 Å². The molecule has 2 aromatic carbocycles. The van der Waals surface area contributed by atoms with Gasteiger partial charge in [0, 0.05) is 14.3 Å². The van der Waals surface area contributed by atoms with E-state index in [0.29, 0.717) is 20.9 Å². The summed E-state index contributed by atoms with van der Waals surface area (Å²) in [5.74, 6) is 0. The molecule has 0 aromatic heterocycles. The van der Waals surface area contributed by atoms with E-state index >= 15 is 0 Å². The molecule has 0 aliphatic heterocycles. The average molecular weight is 381 g/mol. The Hall–Kier alpha value is -0.630.